The highest BCUT2D eigenvalue weighted by molar-refractivity contribution is 5.75. The van der Waals surface area contributed by atoms with Gasteiger partial charge in [-0.05, 0) is 24.1 Å². The third kappa shape index (κ3) is 5.35. The topological polar surface area (TPSA) is 47.6 Å². The molecular weight excluding hydrogens is 242 g/mol. The van der Waals surface area contributed by atoms with Crippen LogP contribution in [0.1, 0.15) is 19.4 Å². The number of nitrogens with one attached hydrogen (secondary N) is 1. The monoisotopic (exact) mass is 263 g/mol. The second-order valence-electron chi connectivity index (χ2n) is 3.65. The van der Waals surface area contributed by atoms with E-state index < -0.39 is 0 Å². The smallest absolute Gasteiger partial charge is 0.220 e. The van der Waals surface area contributed by atoms with Gasteiger partial charge in [-0.25, -0.2) is 0 Å². The van der Waals surface area contributed by atoms with Gasteiger partial charge in [0.15, 0.2) is 11.5 Å². The van der Waals surface area contributed by atoms with Crippen molar-refractivity contribution in [1.29, 1.82) is 0 Å². The van der Waals surface area contributed by atoms with Crippen LogP contribution >= 0.6 is 0 Å². The molecule has 0 spiro atoms. The maximum absolute atomic E-state index is 11.2. The van der Waals surface area contributed by atoms with Crippen LogP contribution in [0, 0.1) is 12.3 Å². The van der Waals surface area contributed by atoms with E-state index in [-0.39, 0.29) is 19.9 Å². The first-order valence-electron chi connectivity index (χ1n) is 5.65. The largest absolute Gasteiger partial charge is 0.493 e. The first-order chi connectivity index (χ1) is 8.71. The van der Waals surface area contributed by atoms with Crippen molar-refractivity contribution in [3.63, 3.8) is 0 Å². The molecule has 0 aliphatic carbocycles. The van der Waals surface area contributed by atoms with E-state index in [2.05, 4.69) is 11.2 Å². The van der Waals surface area contributed by atoms with E-state index in [1.807, 2.05) is 12.1 Å². The summed E-state index contributed by atoms with van der Waals surface area (Å²) in [6.45, 7) is 0.202. The number of hydrogen-bond donors (Lipinski definition) is 1. The maximum Gasteiger partial charge on any atom is 0.220 e. The highest BCUT2D eigenvalue weighted by Gasteiger charge is 2.06. The molecule has 1 aromatic rings. The molecule has 1 aromatic carbocycles. The molecule has 1 rings (SSSR count). The second kappa shape index (κ2) is 8.87. The summed E-state index contributed by atoms with van der Waals surface area (Å²) < 4.78 is 10.6. The maximum atomic E-state index is 11.2. The highest BCUT2D eigenvalue weighted by atomic mass is 16.5. The standard InChI is InChI=1S/C14H17NO3.CH4/c1-4-9-18-12-7-5-11(10-13(12)17-3)6-8-14(16)15-2;/h1,5,7,10H,6,8-9H2,2-3H3,(H,15,16);1H4. The van der Waals surface area contributed by atoms with Gasteiger partial charge in [0.1, 0.15) is 6.61 Å². The van der Waals surface area contributed by atoms with E-state index in [1.54, 1.807) is 20.2 Å². The first kappa shape index (κ1) is 16.9. The first-order valence-corrected chi connectivity index (χ1v) is 5.65. The Balaban J connectivity index is 0.00000324. The molecular formula is C15H21NO3. The van der Waals surface area contributed by atoms with Crippen LogP contribution in [-0.4, -0.2) is 26.7 Å². The van der Waals surface area contributed by atoms with E-state index >= 15 is 0 Å². The number of carbonyl (C=O) groups excluding carboxylic acids is 1. The molecule has 0 atom stereocenters. The van der Waals surface area contributed by atoms with E-state index in [1.165, 1.54) is 0 Å². The van der Waals surface area contributed by atoms with E-state index in [4.69, 9.17) is 15.9 Å². The number of terminal acetylenes is 1. The Bertz CT molecular complexity index is 449. The minimum Gasteiger partial charge on any atom is -0.493 e. The van der Waals surface area contributed by atoms with E-state index in [0.717, 1.165) is 5.56 Å². The lowest BCUT2D eigenvalue weighted by Gasteiger charge is -2.10. The van der Waals surface area contributed by atoms with Gasteiger partial charge in [-0.2, -0.15) is 0 Å². The highest BCUT2D eigenvalue weighted by Crippen LogP contribution is 2.28. The van der Waals surface area contributed by atoms with Crippen LogP contribution < -0.4 is 14.8 Å². The lowest BCUT2D eigenvalue weighted by molar-refractivity contribution is -0.120. The van der Waals surface area contributed by atoms with Crippen LogP contribution in [0.15, 0.2) is 18.2 Å². The summed E-state index contributed by atoms with van der Waals surface area (Å²) in [6, 6.07) is 5.56. The van der Waals surface area contributed by atoms with Crippen molar-refractivity contribution in [3.05, 3.63) is 23.8 Å². The summed E-state index contributed by atoms with van der Waals surface area (Å²) in [6.07, 6.45) is 6.24. The van der Waals surface area contributed by atoms with Crippen LogP contribution in [0.25, 0.3) is 0 Å². The fourth-order valence-electron chi connectivity index (χ4n) is 1.49. The zero-order valence-electron chi connectivity index (χ0n) is 10.7. The van der Waals surface area contributed by atoms with E-state index in [9.17, 15) is 4.79 Å². The SMILES string of the molecule is C.C#CCOc1ccc(CCC(=O)NC)cc1OC. The van der Waals surface area contributed by atoms with Gasteiger partial charge in [0.2, 0.25) is 5.91 Å². The van der Waals surface area contributed by atoms with Crippen molar-refractivity contribution >= 4 is 5.91 Å². The molecule has 0 aromatic heterocycles. The molecule has 0 aliphatic rings. The number of amides is 1. The van der Waals surface area contributed by atoms with Crippen LogP contribution in [0.3, 0.4) is 0 Å². The van der Waals surface area contributed by atoms with Gasteiger partial charge in [0.25, 0.3) is 0 Å². The summed E-state index contributed by atoms with van der Waals surface area (Å²) in [4.78, 5) is 11.2. The summed E-state index contributed by atoms with van der Waals surface area (Å²) in [5.74, 6) is 3.65. The third-order valence-corrected chi connectivity index (χ3v) is 2.46. The fraction of sp³-hybridized carbons (Fsp3) is 0.400. The Morgan fingerprint density at radius 2 is 2.16 bits per heavy atom. The minimum absolute atomic E-state index is 0. The predicted octanol–water partition coefficient (Wildman–Crippen LogP) is 2.02. The van der Waals surface area contributed by atoms with Crippen molar-refractivity contribution in [1.82, 2.24) is 5.32 Å². The molecule has 0 radical (unpaired) electrons. The van der Waals surface area contributed by atoms with Crippen molar-refractivity contribution in [2.24, 2.45) is 0 Å². The molecule has 1 N–H and O–H groups in total. The molecule has 1 amide bonds. The Morgan fingerprint density at radius 3 is 2.74 bits per heavy atom. The fourth-order valence-corrected chi connectivity index (χ4v) is 1.49. The van der Waals surface area contributed by atoms with Gasteiger partial charge in [0, 0.05) is 13.5 Å². The summed E-state index contributed by atoms with van der Waals surface area (Å²) >= 11 is 0. The van der Waals surface area contributed by atoms with Gasteiger partial charge >= 0.3 is 0 Å². The van der Waals surface area contributed by atoms with E-state index in [0.29, 0.717) is 24.3 Å². The Kier molecular flexibility index (Phi) is 7.87. The van der Waals surface area contributed by atoms with Gasteiger partial charge in [-0.1, -0.05) is 19.4 Å². The van der Waals surface area contributed by atoms with Gasteiger partial charge in [-0.3, -0.25) is 4.79 Å². The summed E-state index contributed by atoms with van der Waals surface area (Å²) in [7, 11) is 3.19. The lowest BCUT2D eigenvalue weighted by Crippen LogP contribution is -2.17. The predicted molar refractivity (Wildman–Crippen MR) is 76.4 cm³/mol. The molecule has 19 heavy (non-hydrogen) atoms. The quantitative estimate of drug-likeness (QED) is 0.799. The van der Waals surface area contributed by atoms with Gasteiger partial charge in [0.05, 0.1) is 7.11 Å². The molecule has 0 unspecified atom stereocenters. The molecule has 4 nitrogen and oxygen atoms in total. The molecule has 0 aliphatic heterocycles. The Hall–Kier alpha value is -2.15. The Labute approximate surface area is 115 Å². The van der Waals surface area contributed by atoms with Crippen molar-refractivity contribution in [2.45, 2.75) is 20.3 Å². The van der Waals surface area contributed by atoms with Crippen LogP contribution in [-0.2, 0) is 11.2 Å². The van der Waals surface area contributed by atoms with Gasteiger partial charge in [-0.15, -0.1) is 6.42 Å². The molecule has 0 fully saturated rings. The zero-order chi connectivity index (χ0) is 13.4. The van der Waals surface area contributed by atoms with Crippen LogP contribution in [0.5, 0.6) is 11.5 Å². The third-order valence-electron chi connectivity index (χ3n) is 2.46. The average molecular weight is 263 g/mol. The van der Waals surface area contributed by atoms with Crippen LogP contribution in [0.4, 0.5) is 0 Å². The molecule has 104 valence electrons. The molecule has 0 heterocycles. The number of ether oxygens (including phenoxy) is 2. The van der Waals surface area contributed by atoms with Gasteiger partial charge < -0.3 is 14.8 Å². The second-order valence-corrected chi connectivity index (χ2v) is 3.65. The average Bonchev–Trinajstić information content (AvgIpc) is 2.42. The van der Waals surface area contributed by atoms with Crippen molar-refractivity contribution in [3.8, 4) is 23.8 Å². The molecule has 4 heteroatoms. The minimum atomic E-state index is 0. The molecule has 0 saturated carbocycles. The van der Waals surface area contributed by atoms with Crippen LogP contribution in [0.2, 0.25) is 0 Å². The number of methoxy groups -OCH3 is 1. The number of rotatable bonds is 6. The molecule has 0 bridgehead atoms. The zero-order valence-corrected chi connectivity index (χ0v) is 10.7. The Morgan fingerprint density at radius 1 is 1.42 bits per heavy atom. The molecule has 0 saturated heterocycles. The van der Waals surface area contributed by atoms with Crippen molar-refractivity contribution < 1.29 is 14.3 Å². The number of carbonyl (C=O) groups is 1. The summed E-state index contributed by atoms with van der Waals surface area (Å²) in [5.41, 5.74) is 1.02. The number of benzene rings is 1. The number of hydrogen-bond acceptors (Lipinski definition) is 3. The lowest BCUT2D eigenvalue weighted by atomic mass is 10.1. The number of aryl methyl sites for hydroxylation is 1. The van der Waals surface area contributed by atoms with Crippen molar-refractivity contribution in [2.75, 3.05) is 20.8 Å². The normalized spacial score (nSPS) is 8.89. The summed E-state index contributed by atoms with van der Waals surface area (Å²) in [5, 5.41) is 2.59.